The third-order valence-electron chi connectivity index (χ3n) is 1.45. The van der Waals surface area contributed by atoms with Crippen molar-refractivity contribution in [3.63, 3.8) is 0 Å². The highest BCUT2D eigenvalue weighted by Crippen LogP contribution is 1.87. The van der Waals surface area contributed by atoms with Gasteiger partial charge in [-0.3, -0.25) is 9.59 Å². The molecule has 0 aliphatic heterocycles. The van der Waals surface area contributed by atoms with Crippen molar-refractivity contribution < 1.29 is 4.79 Å². The van der Waals surface area contributed by atoms with Gasteiger partial charge in [-0.25, -0.2) is 5.10 Å². The quantitative estimate of drug-likeness (QED) is 0.684. The fraction of sp³-hybridized carbons (Fsp3) is 0.375. The van der Waals surface area contributed by atoms with Gasteiger partial charge in [0.15, 0.2) is 0 Å². The maximum absolute atomic E-state index is 11.2. The van der Waals surface area contributed by atoms with Crippen LogP contribution in [0.2, 0.25) is 0 Å². The van der Waals surface area contributed by atoms with E-state index in [1.807, 2.05) is 6.92 Å². The van der Waals surface area contributed by atoms with Gasteiger partial charge in [-0.05, 0) is 12.5 Å². The van der Waals surface area contributed by atoms with Crippen molar-refractivity contribution in [2.24, 2.45) is 0 Å². The van der Waals surface area contributed by atoms with Crippen molar-refractivity contribution in [3.05, 3.63) is 28.2 Å². The van der Waals surface area contributed by atoms with E-state index in [0.717, 1.165) is 6.42 Å². The van der Waals surface area contributed by atoms with Gasteiger partial charge in [0.2, 0.25) is 0 Å². The summed E-state index contributed by atoms with van der Waals surface area (Å²) in [4.78, 5) is 21.8. The number of nitrogens with one attached hydrogen (secondary N) is 2. The Balaban J connectivity index is 2.66. The van der Waals surface area contributed by atoms with E-state index in [-0.39, 0.29) is 17.2 Å². The number of nitrogens with zero attached hydrogens (tertiary/aromatic N) is 1. The van der Waals surface area contributed by atoms with Crippen LogP contribution in [0.25, 0.3) is 0 Å². The summed E-state index contributed by atoms with van der Waals surface area (Å²) in [6.07, 6.45) is 0.870. The number of hydrogen-bond donors (Lipinski definition) is 2. The number of amides is 1. The van der Waals surface area contributed by atoms with Crippen molar-refractivity contribution in [3.8, 4) is 0 Å². The molecule has 0 radical (unpaired) electrons. The standard InChI is InChI=1S/C8H11N3O2/c1-2-5-9-8(13)6-3-4-7(12)11-10-6/h3-4H,2,5H2,1H3,(H,9,13)(H,11,12). The fourth-order valence-corrected chi connectivity index (χ4v) is 0.800. The first kappa shape index (κ1) is 9.44. The molecular weight excluding hydrogens is 170 g/mol. The molecule has 13 heavy (non-hydrogen) atoms. The lowest BCUT2D eigenvalue weighted by atomic mass is 10.3. The molecule has 2 N–H and O–H groups in total. The highest BCUT2D eigenvalue weighted by molar-refractivity contribution is 5.91. The van der Waals surface area contributed by atoms with Gasteiger partial charge in [0.25, 0.3) is 11.5 Å². The third-order valence-corrected chi connectivity index (χ3v) is 1.45. The summed E-state index contributed by atoms with van der Waals surface area (Å²) in [5.74, 6) is -0.266. The number of rotatable bonds is 3. The predicted octanol–water partition coefficient (Wildman–Crippen LogP) is -0.0903. The number of aromatic amines is 1. The third kappa shape index (κ3) is 2.70. The lowest BCUT2D eigenvalue weighted by Gasteiger charge is -2.00. The molecule has 0 unspecified atom stereocenters. The van der Waals surface area contributed by atoms with Gasteiger partial charge in [0.05, 0.1) is 0 Å². The van der Waals surface area contributed by atoms with Crippen LogP contribution in [0.3, 0.4) is 0 Å². The van der Waals surface area contributed by atoms with Gasteiger partial charge in [0, 0.05) is 12.6 Å². The van der Waals surface area contributed by atoms with Crippen LogP contribution in [-0.2, 0) is 0 Å². The molecule has 5 heteroatoms. The number of hydrogen-bond acceptors (Lipinski definition) is 3. The van der Waals surface area contributed by atoms with Crippen molar-refractivity contribution in [2.75, 3.05) is 6.54 Å². The van der Waals surface area contributed by atoms with Crippen LogP contribution in [0, 0.1) is 0 Å². The minimum Gasteiger partial charge on any atom is -0.351 e. The summed E-state index contributed by atoms with van der Waals surface area (Å²) in [5.41, 5.74) is -0.0832. The highest BCUT2D eigenvalue weighted by atomic mass is 16.2. The van der Waals surface area contributed by atoms with E-state index in [0.29, 0.717) is 6.54 Å². The lowest BCUT2D eigenvalue weighted by molar-refractivity contribution is 0.0947. The smallest absolute Gasteiger partial charge is 0.271 e. The molecule has 0 bridgehead atoms. The first-order valence-corrected chi connectivity index (χ1v) is 4.08. The summed E-state index contributed by atoms with van der Waals surface area (Å²) >= 11 is 0. The van der Waals surface area contributed by atoms with Gasteiger partial charge >= 0.3 is 0 Å². The first-order chi connectivity index (χ1) is 6.24. The van der Waals surface area contributed by atoms with Crippen LogP contribution >= 0.6 is 0 Å². The Bertz CT molecular complexity index is 325. The second-order valence-electron chi connectivity index (χ2n) is 2.56. The van der Waals surface area contributed by atoms with Gasteiger partial charge in [-0.1, -0.05) is 6.92 Å². The summed E-state index contributed by atoms with van der Waals surface area (Å²) < 4.78 is 0. The molecule has 0 aromatic carbocycles. The molecule has 0 saturated carbocycles. The summed E-state index contributed by atoms with van der Waals surface area (Å²) in [6, 6.07) is 2.66. The Morgan fingerprint density at radius 2 is 2.38 bits per heavy atom. The van der Waals surface area contributed by atoms with E-state index in [4.69, 9.17) is 0 Å². The molecule has 1 aromatic heterocycles. The molecule has 0 aliphatic carbocycles. The van der Waals surface area contributed by atoms with Crippen LogP contribution in [0.4, 0.5) is 0 Å². The Hall–Kier alpha value is -1.65. The zero-order valence-electron chi connectivity index (χ0n) is 7.33. The Labute approximate surface area is 75.2 Å². The van der Waals surface area contributed by atoms with Gasteiger partial charge in [-0.2, -0.15) is 5.10 Å². The fourth-order valence-electron chi connectivity index (χ4n) is 0.800. The van der Waals surface area contributed by atoms with E-state index in [1.165, 1.54) is 12.1 Å². The Kier molecular flexibility index (Phi) is 3.19. The molecule has 1 rings (SSSR count). The summed E-state index contributed by atoms with van der Waals surface area (Å²) in [6.45, 7) is 2.57. The van der Waals surface area contributed by atoms with E-state index in [9.17, 15) is 9.59 Å². The number of carbonyl (C=O) groups is 1. The van der Waals surface area contributed by atoms with Crippen LogP contribution in [0.5, 0.6) is 0 Å². The maximum atomic E-state index is 11.2. The average molecular weight is 181 g/mol. The van der Waals surface area contributed by atoms with Gasteiger partial charge < -0.3 is 5.32 Å². The molecule has 1 amide bonds. The average Bonchev–Trinajstić information content (AvgIpc) is 2.15. The van der Waals surface area contributed by atoms with E-state index in [1.54, 1.807) is 0 Å². The normalized spacial score (nSPS) is 9.62. The monoisotopic (exact) mass is 181 g/mol. The molecule has 1 heterocycles. The van der Waals surface area contributed by atoms with Crippen molar-refractivity contribution >= 4 is 5.91 Å². The molecular formula is C8H11N3O2. The van der Waals surface area contributed by atoms with Gasteiger partial charge in [-0.15, -0.1) is 0 Å². The molecule has 5 nitrogen and oxygen atoms in total. The summed E-state index contributed by atoms with van der Waals surface area (Å²) in [7, 11) is 0. The van der Waals surface area contributed by atoms with Gasteiger partial charge in [0.1, 0.15) is 5.69 Å². The number of H-pyrrole nitrogens is 1. The molecule has 70 valence electrons. The van der Waals surface area contributed by atoms with Crippen LogP contribution < -0.4 is 10.9 Å². The minimum absolute atomic E-state index is 0.230. The second kappa shape index (κ2) is 4.39. The molecule has 0 saturated heterocycles. The van der Waals surface area contributed by atoms with E-state index in [2.05, 4.69) is 15.5 Å². The van der Waals surface area contributed by atoms with Crippen LogP contribution in [0.15, 0.2) is 16.9 Å². The predicted molar refractivity (Wildman–Crippen MR) is 47.5 cm³/mol. The molecule has 0 atom stereocenters. The van der Waals surface area contributed by atoms with E-state index < -0.39 is 0 Å². The number of carbonyl (C=O) groups excluding carboxylic acids is 1. The van der Waals surface area contributed by atoms with Crippen molar-refractivity contribution in [2.45, 2.75) is 13.3 Å². The minimum atomic E-state index is -0.313. The zero-order valence-corrected chi connectivity index (χ0v) is 7.33. The SMILES string of the molecule is CCCNC(=O)c1ccc(=O)[nH]n1. The lowest BCUT2D eigenvalue weighted by Crippen LogP contribution is -2.26. The second-order valence-corrected chi connectivity index (χ2v) is 2.56. The molecule has 1 aromatic rings. The summed E-state index contributed by atoms with van der Waals surface area (Å²) in [5, 5.41) is 8.42. The first-order valence-electron chi connectivity index (χ1n) is 4.08. The topological polar surface area (TPSA) is 74.8 Å². The largest absolute Gasteiger partial charge is 0.351 e. The van der Waals surface area contributed by atoms with Crippen LogP contribution in [0.1, 0.15) is 23.8 Å². The molecule has 0 aliphatic rings. The molecule has 0 spiro atoms. The van der Waals surface area contributed by atoms with Crippen molar-refractivity contribution in [1.29, 1.82) is 0 Å². The Morgan fingerprint density at radius 3 is 2.92 bits per heavy atom. The maximum Gasteiger partial charge on any atom is 0.271 e. The zero-order chi connectivity index (χ0) is 9.68. The highest BCUT2D eigenvalue weighted by Gasteiger charge is 2.04. The van der Waals surface area contributed by atoms with Crippen LogP contribution in [-0.4, -0.2) is 22.6 Å². The van der Waals surface area contributed by atoms with Crippen molar-refractivity contribution in [1.82, 2.24) is 15.5 Å². The number of aromatic nitrogens is 2. The van der Waals surface area contributed by atoms with E-state index >= 15 is 0 Å². The molecule has 0 fully saturated rings. The Morgan fingerprint density at radius 1 is 1.62 bits per heavy atom.